The minimum Gasteiger partial charge on any atom is -0.392 e. The van der Waals surface area contributed by atoms with Gasteiger partial charge in [0.05, 0.1) is 36.0 Å². The van der Waals surface area contributed by atoms with Crippen LogP contribution in [-0.4, -0.2) is 51.6 Å². The molecular formula is C36H42N4O4. The van der Waals surface area contributed by atoms with Gasteiger partial charge >= 0.3 is 0 Å². The highest BCUT2D eigenvalue weighted by atomic mass is 16.7. The number of fused-ring (bicyclic) bond motifs is 1. The van der Waals surface area contributed by atoms with Crippen molar-refractivity contribution in [2.24, 2.45) is 5.92 Å². The second-order valence-electron chi connectivity index (χ2n) is 12.1. The van der Waals surface area contributed by atoms with Crippen LogP contribution in [0.5, 0.6) is 0 Å². The number of rotatable bonds is 8. The molecule has 8 nitrogen and oxygen atoms in total. The fourth-order valence-corrected chi connectivity index (χ4v) is 6.21. The molecule has 6 rings (SSSR count). The number of benzene rings is 3. The Morgan fingerprint density at radius 1 is 0.864 bits per heavy atom. The van der Waals surface area contributed by atoms with Gasteiger partial charge in [-0.25, -0.2) is 4.98 Å². The number of likely N-dealkylation sites (tertiary alicyclic amines) is 1. The van der Waals surface area contributed by atoms with Crippen molar-refractivity contribution in [2.75, 3.05) is 19.6 Å². The lowest BCUT2D eigenvalue weighted by atomic mass is 9.89. The second kappa shape index (κ2) is 14.4. The Morgan fingerprint density at radius 2 is 1.52 bits per heavy atom. The number of amides is 1. The normalized spacial score (nSPS) is 23.1. The molecule has 4 atom stereocenters. The Morgan fingerprint density at radius 3 is 2.25 bits per heavy atom. The summed E-state index contributed by atoms with van der Waals surface area (Å²) in [6.07, 6.45) is 7.28. The molecule has 1 amide bonds. The molecule has 230 valence electrons. The molecule has 0 saturated carbocycles. The van der Waals surface area contributed by atoms with Crippen molar-refractivity contribution in [3.63, 3.8) is 0 Å². The summed E-state index contributed by atoms with van der Waals surface area (Å²) in [5.41, 5.74) is 5.64. The van der Waals surface area contributed by atoms with Crippen molar-refractivity contribution in [1.82, 2.24) is 20.2 Å². The van der Waals surface area contributed by atoms with Gasteiger partial charge in [0.15, 0.2) is 6.29 Å². The van der Waals surface area contributed by atoms with E-state index in [0.717, 1.165) is 47.4 Å². The van der Waals surface area contributed by atoms with Crippen LogP contribution in [-0.2, 0) is 22.6 Å². The molecule has 4 aromatic rings. The molecule has 0 aliphatic carbocycles. The number of aromatic nitrogens is 2. The van der Waals surface area contributed by atoms with Gasteiger partial charge in [-0.05, 0) is 54.8 Å². The highest BCUT2D eigenvalue weighted by molar-refractivity contribution is 5.93. The summed E-state index contributed by atoms with van der Waals surface area (Å²) < 4.78 is 13.3. The summed E-state index contributed by atoms with van der Waals surface area (Å²) in [4.78, 5) is 24.2. The molecule has 44 heavy (non-hydrogen) atoms. The maximum atomic E-state index is 12.8. The number of para-hydroxylation sites is 2. The molecule has 3 aromatic carbocycles. The highest BCUT2D eigenvalue weighted by Gasteiger charge is 2.39. The fraction of sp³-hybridized carbons (Fsp3) is 0.417. The number of aliphatic hydroxyl groups is 1. The van der Waals surface area contributed by atoms with Crippen LogP contribution in [0.15, 0.2) is 79.0 Å². The van der Waals surface area contributed by atoms with Gasteiger partial charge < -0.3 is 24.8 Å². The SMILES string of the molecule is CC1C(CN2CCCCCCC2)OC(c2ccc(CNC(=O)c3cnc4ccccc4n3)cc2)OC1c1ccc(CO)cc1. The number of nitrogens with zero attached hydrogens (tertiary/aromatic N) is 3. The molecule has 2 fully saturated rings. The molecular weight excluding hydrogens is 552 g/mol. The van der Waals surface area contributed by atoms with Crippen LogP contribution in [0.1, 0.15) is 84.2 Å². The van der Waals surface area contributed by atoms with Gasteiger partial charge in [0.2, 0.25) is 0 Å². The first-order chi connectivity index (χ1) is 21.6. The van der Waals surface area contributed by atoms with Gasteiger partial charge in [-0.3, -0.25) is 9.78 Å². The third-order valence-corrected chi connectivity index (χ3v) is 8.90. The molecule has 2 saturated heterocycles. The third kappa shape index (κ3) is 7.33. The van der Waals surface area contributed by atoms with Gasteiger partial charge in [-0.1, -0.05) is 86.8 Å². The zero-order valence-electron chi connectivity index (χ0n) is 25.4. The first-order valence-electron chi connectivity index (χ1n) is 15.9. The van der Waals surface area contributed by atoms with E-state index in [0.29, 0.717) is 17.8 Å². The van der Waals surface area contributed by atoms with Crippen molar-refractivity contribution in [3.05, 3.63) is 107 Å². The van der Waals surface area contributed by atoms with E-state index in [1.165, 1.54) is 38.3 Å². The maximum Gasteiger partial charge on any atom is 0.271 e. The predicted octanol–water partition coefficient (Wildman–Crippen LogP) is 6.11. The second-order valence-corrected chi connectivity index (χ2v) is 12.1. The van der Waals surface area contributed by atoms with Gasteiger partial charge in [0.25, 0.3) is 5.91 Å². The van der Waals surface area contributed by atoms with Gasteiger partial charge in [-0.2, -0.15) is 0 Å². The maximum absolute atomic E-state index is 12.8. The third-order valence-electron chi connectivity index (χ3n) is 8.90. The predicted molar refractivity (Wildman–Crippen MR) is 170 cm³/mol. The number of hydrogen-bond donors (Lipinski definition) is 2. The number of nitrogens with one attached hydrogen (secondary N) is 1. The quantitative estimate of drug-likeness (QED) is 0.254. The zero-order valence-corrected chi connectivity index (χ0v) is 25.4. The molecule has 2 aliphatic rings. The Balaban J connectivity index is 1.15. The van der Waals surface area contributed by atoms with Crippen molar-refractivity contribution in [1.29, 1.82) is 0 Å². The van der Waals surface area contributed by atoms with E-state index in [-0.39, 0.29) is 30.6 Å². The van der Waals surface area contributed by atoms with Crippen LogP contribution < -0.4 is 5.32 Å². The number of carbonyl (C=O) groups excluding carboxylic acids is 1. The minimum absolute atomic E-state index is 0.0118. The minimum atomic E-state index is -0.509. The summed E-state index contributed by atoms with van der Waals surface area (Å²) in [5.74, 6) is -0.105. The molecule has 1 aromatic heterocycles. The topological polar surface area (TPSA) is 96.8 Å². The lowest BCUT2D eigenvalue weighted by Gasteiger charge is -2.43. The molecule has 2 N–H and O–H groups in total. The van der Waals surface area contributed by atoms with E-state index in [1.54, 1.807) is 0 Å². The Labute approximate surface area is 259 Å². The lowest BCUT2D eigenvalue weighted by Crippen LogP contribution is -2.45. The van der Waals surface area contributed by atoms with Crippen LogP contribution in [0.25, 0.3) is 11.0 Å². The molecule has 8 heteroatoms. The fourth-order valence-electron chi connectivity index (χ4n) is 6.21. The van der Waals surface area contributed by atoms with Crippen molar-refractivity contribution < 1.29 is 19.4 Å². The Hall–Kier alpha value is -3.69. The Bertz CT molecular complexity index is 1520. The van der Waals surface area contributed by atoms with Crippen LogP contribution >= 0.6 is 0 Å². The number of hydrogen-bond acceptors (Lipinski definition) is 7. The smallest absolute Gasteiger partial charge is 0.271 e. The van der Waals surface area contributed by atoms with Gasteiger partial charge in [-0.15, -0.1) is 0 Å². The molecule has 0 bridgehead atoms. The molecule has 2 aliphatic heterocycles. The molecule has 3 heterocycles. The summed E-state index contributed by atoms with van der Waals surface area (Å²) >= 11 is 0. The average molecular weight is 595 g/mol. The zero-order chi connectivity index (χ0) is 30.3. The Kier molecular flexibility index (Phi) is 9.93. The lowest BCUT2D eigenvalue weighted by molar-refractivity contribution is -0.276. The summed E-state index contributed by atoms with van der Waals surface area (Å²) in [6, 6.07) is 23.6. The summed E-state index contributed by atoms with van der Waals surface area (Å²) in [5, 5.41) is 12.5. The van der Waals surface area contributed by atoms with Crippen LogP contribution in [0.4, 0.5) is 0 Å². The van der Waals surface area contributed by atoms with Crippen molar-refractivity contribution >= 4 is 16.9 Å². The number of ether oxygens (including phenoxy) is 2. The van der Waals surface area contributed by atoms with E-state index >= 15 is 0 Å². The van der Waals surface area contributed by atoms with Gasteiger partial charge in [0, 0.05) is 24.6 Å². The molecule has 0 radical (unpaired) electrons. The first kappa shape index (κ1) is 30.3. The summed E-state index contributed by atoms with van der Waals surface area (Å²) in [6.45, 7) is 5.72. The largest absolute Gasteiger partial charge is 0.392 e. The number of aliphatic hydroxyl groups excluding tert-OH is 1. The highest BCUT2D eigenvalue weighted by Crippen LogP contribution is 2.42. The van der Waals surface area contributed by atoms with E-state index in [2.05, 4.69) is 39.2 Å². The first-order valence-corrected chi connectivity index (χ1v) is 15.9. The van der Waals surface area contributed by atoms with Gasteiger partial charge in [0.1, 0.15) is 5.69 Å². The van der Waals surface area contributed by atoms with Crippen molar-refractivity contribution in [3.8, 4) is 0 Å². The van der Waals surface area contributed by atoms with E-state index in [1.807, 2.05) is 60.7 Å². The average Bonchev–Trinajstić information content (AvgIpc) is 3.05. The monoisotopic (exact) mass is 594 g/mol. The molecule has 0 spiro atoms. The van der Waals surface area contributed by atoms with E-state index < -0.39 is 6.29 Å². The van der Waals surface area contributed by atoms with Crippen molar-refractivity contribution in [2.45, 2.75) is 70.7 Å². The summed E-state index contributed by atoms with van der Waals surface area (Å²) in [7, 11) is 0. The van der Waals surface area contributed by atoms with E-state index in [9.17, 15) is 9.90 Å². The molecule has 4 unspecified atom stereocenters. The van der Waals surface area contributed by atoms with E-state index in [4.69, 9.17) is 9.47 Å². The number of carbonyl (C=O) groups is 1. The standard InChI is InChI=1S/C36H42N4O4/c1-25-33(23-40-19-7-3-2-4-8-20-40)43-36(44-34(25)28-15-13-27(24-41)14-16-28)29-17-11-26(12-18-29)21-38-35(42)32-22-37-30-9-5-6-10-31(30)39-32/h5-6,9-18,22,25,33-34,36,41H,2-4,7-8,19-21,23-24H2,1H3,(H,38,42). The van der Waals surface area contributed by atoms with Crippen LogP contribution in [0.2, 0.25) is 0 Å². The van der Waals surface area contributed by atoms with Crippen LogP contribution in [0, 0.1) is 5.92 Å². The van der Waals surface area contributed by atoms with Crippen LogP contribution in [0.3, 0.4) is 0 Å².